The number of hydrogen-bond acceptors (Lipinski definition) is 2. The van der Waals surface area contributed by atoms with Gasteiger partial charge in [-0.15, -0.1) is 0 Å². The molecule has 0 atom stereocenters. The Bertz CT molecular complexity index is 911. The summed E-state index contributed by atoms with van der Waals surface area (Å²) in [7, 11) is 0. The predicted molar refractivity (Wildman–Crippen MR) is 98.2 cm³/mol. The molecule has 134 valence electrons. The lowest BCUT2D eigenvalue weighted by Gasteiger charge is -2.27. The third-order valence-electron chi connectivity index (χ3n) is 4.90. The molecule has 0 amide bonds. The number of alkyl halides is 3. The Balaban J connectivity index is 1.63. The minimum Gasteiger partial charge on any atom is -0.357 e. The maximum absolute atomic E-state index is 12.7. The molecule has 0 spiro atoms. The highest BCUT2D eigenvalue weighted by atomic mass is 19.4. The lowest BCUT2D eigenvalue weighted by molar-refractivity contribution is -0.137. The summed E-state index contributed by atoms with van der Waals surface area (Å²) < 4.78 is 38.1. The molecule has 5 heteroatoms. The molecule has 0 aliphatic carbocycles. The molecule has 0 unspecified atom stereocenters. The van der Waals surface area contributed by atoms with Gasteiger partial charge in [0.25, 0.3) is 0 Å². The molecule has 2 aromatic carbocycles. The number of piperidine rings is 1. The molecule has 1 aliphatic heterocycles. The molecule has 1 fully saturated rings. The van der Waals surface area contributed by atoms with Gasteiger partial charge in [-0.1, -0.05) is 18.2 Å². The summed E-state index contributed by atoms with van der Waals surface area (Å²) in [6.07, 6.45) is -0.629. The van der Waals surface area contributed by atoms with Crippen molar-refractivity contribution in [1.29, 1.82) is 0 Å². The van der Waals surface area contributed by atoms with Crippen LogP contribution >= 0.6 is 0 Å². The number of halogens is 3. The molecule has 1 aromatic heterocycles. The van der Waals surface area contributed by atoms with Crippen molar-refractivity contribution >= 4 is 16.7 Å². The van der Waals surface area contributed by atoms with Crippen molar-refractivity contribution in [1.82, 2.24) is 4.98 Å². The van der Waals surface area contributed by atoms with Gasteiger partial charge in [0.15, 0.2) is 0 Å². The van der Waals surface area contributed by atoms with E-state index in [1.165, 1.54) is 31.4 Å². The van der Waals surface area contributed by atoms with Crippen molar-refractivity contribution in [3.05, 3.63) is 60.2 Å². The number of fused-ring (bicyclic) bond motifs is 1. The molecule has 4 rings (SSSR count). The van der Waals surface area contributed by atoms with Crippen molar-refractivity contribution in [2.24, 2.45) is 0 Å². The zero-order valence-electron chi connectivity index (χ0n) is 14.3. The highest BCUT2D eigenvalue weighted by Gasteiger charge is 2.29. The SMILES string of the molecule is FC(F)(F)c1ccc(-c2ccc3nc(N4CCCCC4)ccc3c2)cc1. The molecule has 2 nitrogen and oxygen atoms in total. The number of pyridine rings is 1. The van der Waals surface area contributed by atoms with Gasteiger partial charge in [0.05, 0.1) is 11.1 Å². The second-order valence-corrected chi connectivity index (χ2v) is 6.70. The number of anilines is 1. The van der Waals surface area contributed by atoms with Gasteiger partial charge < -0.3 is 4.90 Å². The second kappa shape index (κ2) is 6.63. The lowest BCUT2D eigenvalue weighted by atomic mass is 10.0. The first-order valence-corrected chi connectivity index (χ1v) is 8.84. The van der Waals surface area contributed by atoms with Crippen molar-refractivity contribution in [2.75, 3.05) is 18.0 Å². The topological polar surface area (TPSA) is 16.1 Å². The first-order chi connectivity index (χ1) is 12.5. The molecular formula is C21H19F3N2. The van der Waals surface area contributed by atoms with Crippen molar-refractivity contribution in [3.8, 4) is 11.1 Å². The average molecular weight is 356 g/mol. The van der Waals surface area contributed by atoms with Crippen LogP contribution in [0, 0.1) is 0 Å². The van der Waals surface area contributed by atoms with Crippen LogP contribution in [0.25, 0.3) is 22.0 Å². The number of nitrogens with zero attached hydrogens (tertiary/aromatic N) is 2. The molecule has 1 saturated heterocycles. The minimum atomic E-state index is -4.31. The Morgan fingerprint density at radius 3 is 2.15 bits per heavy atom. The van der Waals surface area contributed by atoms with Gasteiger partial charge in [0, 0.05) is 18.5 Å². The van der Waals surface area contributed by atoms with Gasteiger partial charge in [0.2, 0.25) is 0 Å². The van der Waals surface area contributed by atoms with E-state index in [0.29, 0.717) is 0 Å². The van der Waals surface area contributed by atoms with E-state index in [1.807, 2.05) is 30.3 Å². The smallest absolute Gasteiger partial charge is 0.357 e. The van der Waals surface area contributed by atoms with Crippen molar-refractivity contribution < 1.29 is 13.2 Å². The van der Waals surface area contributed by atoms with Crippen LogP contribution < -0.4 is 4.90 Å². The normalized spacial score (nSPS) is 15.4. The van der Waals surface area contributed by atoms with Crippen LogP contribution in [-0.4, -0.2) is 18.1 Å². The summed E-state index contributed by atoms with van der Waals surface area (Å²) in [5, 5.41) is 0.989. The van der Waals surface area contributed by atoms with Crippen LogP contribution in [0.1, 0.15) is 24.8 Å². The first-order valence-electron chi connectivity index (χ1n) is 8.84. The van der Waals surface area contributed by atoms with E-state index in [4.69, 9.17) is 4.98 Å². The zero-order valence-corrected chi connectivity index (χ0v) is 14.3. The van der Waals surface area contributed by atoms with Crippen LogP contribution in [0.2, 0.25) is 0 Å². The van der Waals surface area contributed by atoms with E-state index in [2.05, 4.69) is 4.90 Å². The van der Waals surface area contributed by atoms with Gasteiger partial charge in [-0.05, 0) is 66.8 Å². The largest absolute Gasteiger partial charge is 0.416 e. The standard InChI is InChI=1S/C21H19F3N2/c22-21(23,24)18-8-4-15(5-9-18)16-6-10-19-17(14-16)7-11-20(25-19)26-12-2-1-3-13-26/h4-11,14H,1-3,12-13H2. The fourth-order valence-corrected chi connectivity index (χ4v) is 3.45. The third kappa shape index (κ3) is 3.39. The summed E-state index contributed by atoms with van der Waals surface area (Å²) in [5.74, 6) is 1.000. The highest BCUT2D eigenvalue weighted by Crippen LogP contribution is 2.32. The number of aromatic nitrogens is 1. The van der Waals surface area contributed by atoms with Gasteiger partial charge in [-0.3, -0.25) is 0 Å². The summed E-state index contributed by atoms with van der Waals surface area (Å²) >= 11 is 0. The molecule has 2 heterocycles. The van der Waals surface area contributed by atoms with E-state index in [1.54, 1.807) is 0 Å². The van der Waals surface area contributed by atoms with E-state index in [0.717, 1.165) is 53.1 Å². The molecule has 0 radical (unpaired) electrons. The fourth-order valence-electron chi connectivity index (χ4n) is 3.45. The van der Waals surface area contributed by atoms with Crippen LogP contribution in [0.15, 0.2) is 54.6 Å². The summed E-state index contributed by atoms with van der Waals surface area (Å²) in [6.45, 7) is 2.09. The quantitative estimate of drug-likeness (QED) is 0.567. The molecule has 0 saturated carbocycles. The predicted octanol–water partition coefficient (Wildman–Crippen LogP) is 5.91. The molecule has 0 N–H and O–H groups in total. The van der Waals surface area contributed by atoms with Gasteiger partial charge in [0.1, 0.15) is 5.82 Å². The Morgan fingerprint density at radius 1 is 0.769 bits per heavy atom. The van der Waals surface area contributed by atoms with E-state index < -0.39 is 11.7 Å². The van der Waals surface area contributed by atoms with Crippen LogP contribution in [-0.2, 0) is 6.18 Å². The summed E-state index contributed by atoms with van der Waals surface area (Å²) in [6, 6.07) is 15.2. The van der Waals surface area contributed by atoms with Crippen LogP contribution in [0.4, 0.5) is 19.0 Å². The lowest BCUT2D eigenvalue weighted by Crippen LogP contribution is -2.30. The number of hydrogen-bond donors (Lipinski definition) is 0. The minimum absolute atomic E-state index is 0.630. The summed E-state index contributed by atoms with van der Waals surface area (Å²) in [5.41, 5.74) is 1.93. The molecular weight excluding hydrogens is 337 g/mol. The number of benzene rings is 2. The second-order valence-electron chi connectivity index (χ2n) is 6.70. The third-order valence-corrected chi connectivity index (χ3v) is 4.90. The highest BCUT2D eigenvalue weighted by molar-refractivity contribution is 5.85. The molecule has 1 aliphatic rings. The Morgan fingerprint density at radius 2 is 1.46 bits per heavy atom. The van der Waals surface area contributed by atoms with E-state index >= 15 is 0 Å². The fraction of sp³-hybridized carbons (Fsp3) is 0.286. The van der Waals surface area contributed by atoms with E-state index in [9.17, 15) is 13.2 Å². The number of rotatable bonds is 2. The Kier molecular flexibility index (Phi) is 4.31. The molecule has 26 heavy (non-hydrogen) atoms. The first kappa shape index (κ1) is 16.9. The Labute approximate surface area is 150 Å². The average Bonchev–Trinajstić information content (AvgIpc) is 2.67. The maximum atomic E-state index is 12.7. The maximum Gasteiger partial charge on any atom is 0.416 e. The van der Waals surface area contributed by atoms with Gasteiger partial charge >= 0.3 is 6.18 Å². The van der Waals surface area contributed by atoms with Gasteiger partial charge in [-0.2, -0.15) is 13.2 Å². The Hall–Kier alpha value is -2.56. The zero-order chi connectivity index (χ0) is 18.1. The van der Waals surface area contributed by atoms with E-state index in [-0.39, 0.29) is 0 Å². The van der Waals surface area contributed by atoms with Crippen LogP contribution in [0.5, 0.6) is 0 Å². The molecule has 3 aromatic rings. The monoisotopic (exact) mass is 356 g/mol. The van der Waals surface area contributed by atoms with Crippen molar-refractivity contribution in [2.45, 2.75) is 25.4 Å². The summed E-state index contributed by atoms with van der Waals surface area (Å²) in [4.78, 5) is 7.07. The van der Waals surface area contributed by atoms with Crippen LogP contribution in [0.3, 0.4) is 0 Å². The molecule has 0 bridgehead atoms. The van der Waals surface area contributed by atoms with Gasteiger partial charge in [-0.25, -0.2) is 4.98 Å². The van der Waals surface area contributed by atoms with Crippen molar-refractivity contribution in [3.63, 3.8) is 0 Å².